The Kier molecular flexibility index (Phi) is 5.79. The number of hydrogen-bond donors (Lipinski definition) is 1. The van der Waals surface area contributed by atoms with Gasteiger partial charge in [-0.05, 0) is 50.0 Å². The van der Waals surface area contributed by atoms with Crippen LogP contribution in [0, 0.1) is 12.7 Å². The van der Waals surface area contributed by atoms with E-state index < -0.39 is 0 Å². The first-order chi connectivity index (χ1) is 7.74. The second kappa shape index (κ2) is 7.18. The van der Waals surface area contributed by atoms with Gasteiger partial charge in [0.2, 0.25) is 0 Å². The Hall–Kier alpha value is -1.15. The third kappa shape index (κ3) is 4.58. The maximum atomic E-state index is 13.2. The molecule has 0 saturated heterocycles. The van der Waals surface area contributed by atoms with Crippen LogP contribution in [0.15, 0.2) is 24.3 Å². The molecule has 1 rings (SSSR count). The Morgan fingerprint density at radius 2 is 2.12 bits per heavy atom. The van der Waals surface area contributed by atoms with Crippen LogP contribution in [0.25, 0.3) is 6.08 Å². The van der Waals surface area contributed by atoms with Gasteiger partial charge in [-0.25, -0.2) is 4.39 Å². The molecule has 0 saturated carbocycles. The van der Waals surface area contributed by atoms with E-state index >= 15 is 0 Å². The molecular weight excluding hydrogens is 201 g/mol. The molecular formula is C14H20FN. The summed E-state index contributed by atoms with van der Waals surface area (Å²) in [5.41, 5.74) is 1.63. The maximum absolute atomic E-state index is 13.2. The third-order valence-electron chi connectivity index (χ3n) is 2.42. The van der Waals surface area contributed by atoms with Gasteiger partial charge >= 0.3 is 0 Å². The third-order valence-corrected chi connectivity index (χ3v) is 2.42. The SMILES string of the molecule is CCCNCC/C=C/c1ccc(C)c(F)c1. The quantitative estimate of drug-likeness (QED) is 0.724. The van der Waals surface area contributed by atoms with Crippen molar-refractivity contribution >= 4 is 6.08 Å². The summed E-state index contributed by atoms with van der Waals surface area (Å²) in [6.07, 6.45) is 6.19. The zero-order valence-electron chi connectivity index (χ0n) is 10.1. The first-order valence-corrected chi connectivity index (χ1v) is 5.87. The molecule has 0 aromatic heterocycles. The lowest BCUT2D eigenvalue weighted by molar-refractivity contribution is 0.618. The molecule has 0 radical (unpaired) electrons. The summed E-state index contributed by atoms with van der Waals surface area (Å²) in [4.78, 5) is 0. The molecule has 1 aromatic carbocycles. The minimum atomic E-state index is -0.133. The zero-order chi connectivity index (χ0) is 11.8. The Morgan fingerprint density at radius 1 is 1.31 bits per heavy atom. The highest BCUT2D eigenvalue weighted by Crippen LogP contribution is 2.10. The molecule has 88 valence electrons. The van der Waals surface area contributed by atoms with E-state index in [0.29, 0.717) is 5.56 Å². The van der Waals surface area contributed by atoms with Crippen LogP contribution >= 0.6 is 0 Å². The molecule has 16 heavy (non-hydrogen) atoms. The Bertz CT molecular complexity index is 345. The van der Waals surface area contributed by atoms with E-state index in [9.17, 15) is 4.39 Å². The lowest BCUT2D eigenvalue weighted by Crippen LogP contribution is -2.14. The molecule has 1 N–H and O–H groups in total. The molecule has 0 atom stereocenters. The van der Waals surface area contributed by atoms with E-state index in [1.165, 1.54) is 0 Å². The predicted octanol–water partition coefficient (Wildman–Crippen LogP) is 3.54. The summed E-state index contributed by atoms with van der Waals surface area (Å²) in [5, 5.41) is 3.32. The van der Waals surface area contributed by atoms with E-state index in [4.69, 9.17) is 0 Å². The van der Waals surface area contributed by atoms with Gasteiger partial charge in [-0.15, -0.1) is 0 Å². The standard InChI is InChI=1S/C14H20FN/c1-3-9-16-10-5-4-6-13-8-7-12(2)14(15)11-13/h4,6-8,11,16H,3,5,9-10H2,1-2H3/b6-4+. The molecule has 1 aromatic rings. The van der Waals surface area contributed by atoms with Crippen molar-refractivity contribution in [3.05, 3.63) is 41.2 Å². The number of benzene rings is 1. The van der Waals surface area contributed by atoms with Crippen LogP contribution in [0.3, 0.4) is 0 Å². The normalized spacial score (nSPS) is 11.2. The number of rotatable bonds is 6. The Balaban J connectivity index is 2.35. The first kappa shape index (κ1) is 12.9. The number of hydrogen-bond acceptors (Lipinski definition) is 1. The second-order valence-electron chi connectivity index (χ2n) is 3.95. The van der Waals surface area contributed by atoms with Gasteiger partial charge in [0.15, 0.2) is 0 Å². The van der Waals surface area contributed by atoms with Crippen molar-refractivity contribution < 1.29 is 4.39 Å². The van der Waals surface area contributed by atoms with Crippen LogP contribution in [-0.4, -0.2) is 13.1 Å². The predicted molar refractivity (Wildman–Crippen MR) is 67.9 cm³/mol. The molecule has 0 spiro atoms. The van der Waals surface area contributed by atoms with Crippen molar-refractivity contribution in [1.29, 1.82) is 0 Å². The van der Waals surface area contributed by atoms with E-state index in [0.717, 1.165) is 31.5 Å². The van der Waals surface area contributed by atoms with Crippen molar-refractivity contribution in [2.75, 3.05) is 13.1 Å². The molecule has 1 nitrogen and oxygen atoms in total. The number of halogens is 1. The summed E-state index contributed by atoms with van der Waals surface area (Å²) in [6, 6.07) is 5.32. The molecule has 0 unspecified atom stereocenters. The average molecular weight is 221 g/mol. The molecule has 0 amide bonds. The smallest absolute Gasteiger partial charge is 0.126 e. The van der Waals surface area contributed by atoms with Crippen molar-refractivity contribution in [3.8, 4) is 0 Å². The second-order valence-corrected chi connectivity index (χ2v) is 3.95. The van der Waals surface area contributed by atoms with Crippen LogP contribution in [-0.2, 0) is 0 Å². The largest absolute Gasteiger partial charge is 0.316 e. The number of aryl methyl sites for hydroxylation is 1. The minimum Gasteiger partial charge on any atom is -0.316 e. The monoisotopic (exact) mass is 221 g/mol. The molecule has 0 heterocycles. The minimum absolute atomic E-state index is 0.133. The van der Waals surface area contributed by atoms with Crippen molar-refractivity contribution in [1.82, 2.24) is 5.32 Å². The van der Waals surface area contributed by atoms with E-state index in [1.54, 1.807) is 13.0 Å². The van der Waals surface area contributed by atoms with Gasteiger partial charge < -0.3 is 5.32 Å². The van der Waals surface area contributed by atoms with E-state index in [1.807, 2.05) is 18.2 Å². The van der Waals surface area contributed by atoms with Crippen LogP contribution in [0.2, 0.25) is 0 Å². The molecule has 0 bridgehead atoms. The summed E-state index contributed by atoms with van der Waals surface area (Å²) in [5.74, 6) is -0.133. The average Bonchev–Trinajstić information content (AvgIpc) is 2.28. The fourth-order valence-electron chi connectivity index (χ4n) is 1.42. The molecule has 0 aliphatic heterocycles. The van der Waals surface area contributed by atoms with E-state index in [-0.39, 0.29) is 5.82 Å². The van der Waals surface area contributed by atoms with Gasteiger partial charge in [-0.2, -0.15) is 0 Å². The lowest BCUT2D eigenvalue weighted by atomic mass is 10.1. The van der Waals surface area contributed by atoms with Crippen molar-refractivity contribution in [2.45, 2.75) is 26.7 Å². The lowest BCUT2D eigenvalue weighted by Gasteiger charge is -1.99. The Morgan fingerprint density at radius 3 is 2.81 bits per heavy atom. The highest BCUT2D eigenvalue weighted by Gasteiger charge is 1.95. The van der Waals surface area contributed by atoms with Gasteiger partial charge in [-0.1, -0.05) is 31.2 Å². The van der Waals surface area contributed by atoms with Crippen LogP contribution in [0.4, 0.5) is 4.39 Å². The topological polar surface area (TPSA) is 12.0 Å². The summed E-state index contributed by atoms with van der Waals surface area (Å²) < 4.78 is 13.2. The van der Waals surface area contributed by atoms with Gasteiger partial charge in [0.1, 0.15) is 5.82 Å². The van der Waals surface area contributed by atoms with Crippen LogP contribution < -0.4 is 5.32 Å². The van der Waals surface area contributed by atoms with E-state index in [2.05, 4.69) is 18.3 Å². The summed E-state index contributed by atoms with van der Waals surface area (Å²) in [7, 11) is 0. The molecule has 0 fully saturated rings. The molecule has 0 aliphatic rings. The first-order valence-electron chi connectivity index (χ1n) is 5.87. The highest BCUT2D eigenvalue weighted by molar-refractivity contribution is 5.49. The van der Waals surface area contributed by atoms with Gasteiger partial charge in [0.25, 0.3) is 0 Å². The fraction of sp³-hybridized carbons (Fsp3) is 0.429. The zero-order valence-corrected chi connectivity index (χ0v) is 10.1. The molecule has 0 aliphatic carbocycles. The maximum Gasteiger partial charge on any atom is 0.126 e. The summed E-state index contributed by atoms with van der Waals surface area (Å²) >= 11 is 0. The number of nitrogens with one attached hydrogen (secondary N) is 1. The fourth-order valence-corrected chi connectivity index (χ4v) is 1.42. The highest BCUT2D eigenvalue weighted by atomic mass is 19.1. The van der Waals surface area contributed by atoms with Gasteiger partial charge in [0, 0.05) is 0 Å². The molecule has 2 heteroatoms. The van der Waals surface area contributed by atoms with Crippen LogP contribution in [0.1, 0.15) is 30.9 Å². The van der Waals surface area contributed by atoms with Gasteiger partial charge in [0.05, 0.1) is 0 Å². The van der Waals surface area contributed by atoms with Gasteiger partial charge in [-0.3, -0.25) is 0 Å². The summed E-state index contributed by atoms with van der Waals surface area (Å²) in [6.45, 7) is 5.97. The van der Waals surface area contributed by atoms with Crippen molar-refractivity contribution in [3.63, 3.8) is 0 Å². The Labute approximate surface area is 97.4 Å². The van der Waals surface area contributed by atoms with Crippen LogP contribution in [0.5, 0.6) is 0 Å². The van der Waals surface area contributed by atoms with Crippen molar-refractivity contribution in [2.24, 2.45) is 0 Å².